The van der Waals surface area contributed by atoms with Gasteiger partial charge in [-0.2, -0.15) is 0 Å². The minimum Gasteiger partial charge on any atom is -0.342 e. The summed E-state index contributed by atoms with van der Waals surface area (Å²) in [6.45, 7) is 5.61. The lowest BCUT2D eigenvalue weighted by molar-refractivity contribution is -0.136. The Morgan fingerprint density at radius 3 is 2.27 bits per heavy atom. The predicted molar refractivity (Wildman–Crippen MR) is 128 cm³/mol. The molecule has 2 heterocycles. The van der Waals surface area contributed by atoms with Crippen LogP contribution in [0.5, 0.6) is 0 Å². The summed E-state index contributed by atoms with van der Waals surface area (Å²) in [6.07, 6.45) is 1.38. The number of halogens is 2. The van der Waals surface area contributed by atoms with Crippen LogP contribution in [0.15, 0.2) is 48.5 Å². The van der Waals surface area contributed by atoms with Crippen LogP contribution in [0.4, 0.5) is 10.1 Å². The van der Waals surface area contributed by atoms with Crippen molar-refractivity contribution < 1.29 is 14.0 Å². The Kier molecular flexibility index (Phi) is 7.96. The topological polar surface area (TPSA) is 55.9 Å². The number of anilines is 1. The number of rotatable bonds is 6. The number of nitrogens with one attached hydrogen (secondary N) is 1. The van der Waals surface area contributed by atoms with Crippen molar-refractivity contribution in [2.75, 3.05) is 51.1 Å². The molecule has 4 rings (SSSR count). The standard InChI is InChI=1S/C25H30ClFN4O2/c26-23-16-21(27)7-6-20(23)17-29-12-14-30(15-13-29)18-24(32)31-10-8-19(9-11-31)25(33)28-22-4-2-1-3-5-22/h1-7,16,19H,8-15,17-18H2,(H,28,33). The first kappa shape index (κ1) is 23.7. The van der Waals surface area contributed by atoms with Crippen molar-refractivity contribution in [3.63, 3.8) is 0 Å². The molecule has 176 valence electrons. The second kappa shape index (κ2) is 11.1. The number of para-hydroxylation sites is 1. The molecule has 0 aromatic heterocycles. The summed E-state index contributed by atoms with van der Waals surface area (Å²) < 4.78 is 13.2. The van der Waals surface area contributed by atoms with E-state index < -0.39 is 0 Å². The molecule has 2 aliphatic rings. The Bertz CT molecular complexity index is 958. The molecular weight excluding hydrogens is 443 g/mol. The van der Waals surface area contributed by atoms with E-state index in [0.717, 1.165) is 37.4 Å². The molecule has 2 aromatic carbocycles. The molecule has 1 N–H and O–H groups in total. The van der Waals surface area contributed by atoms with E-state index in [2.05, 4.69) is 15.1 Å². The van der Waals surface area contributed by atoms with E-state index in [-0.39, 0.29) is 23.5 Å². The normalized spacial score (nSPS) is 18.3. The minimum atomic E-state index is -0.326. The maximum atomic E-state index is 13.2. The number of hydrogen-bond donors (Lipinski definition) is 1. The van der Waals surface area contributed by atoms with E-state index in [1.54, 1.807) is 6.07 Å². The molecule has 2 aromatic rings. The number of likely N-dealkylation sites (tertiary alicyclic amines) is 1. The number of piperazine rings is 1. The van der Waals surface area contributed by atoms with Gasteiger partial charge in [-0.15, -0.1) is 0 Å². The average molecular weight is 473 g/mol. The summed E-state index contributed by atoms with van der Waals surface area (Å²) in [5.74, 6) is -0.221. The molecule has 0 radical (unpaired) electrons. The van der Waals surface area contributed by atoms with E-state index in [9.17, 15) is 14.0 Å². The molecule has 2 aliphatic heterocycles. The van der Waals surface area contributed by atoms with E-state index in [1.807, 2.05) is 35.2 Å². The van der Waals surface area contributed by atoms with Crippen molar-refractivity contribution in [3.05, 3.63) is 64.9 Å². The van der Waals surface area contributed by atoms with Crippen LogP contribution in [0.25, 0.3) is 0 Å². The van der Waals surface area contributed by atoms with Gasteiger partial charge < -0.3 is 10.2 Å². The monoisotopic (exact) mass is 472 g/mol. The fraction of sp³-hybridized carbons (Fsp3) is 0.440. The first-order valence-electron chi connectivity index (χ1n) is 11.5. The van der Waals surface area contributed by atoms with Gasteiger partial charge >= 0.3 is 0 Å². The number of nitrogens with zero attached hydrogens (tertiary/aromatic N) is 3. The highest BCUT2D eigenvalue weighted by Gasteiger charge is 2.29. The molecule has 0 bridgehead atoms. The lowest BCUT2D eigenvalue weighted by atomic mass is 9.95. The number of carbonyl (C=O) groups is 2. The molecule has 2 fully saturated rings. The molecule has 0 saturated carbocycles. The molecule has 2 amide bonds. The fourth-order valence-electron chi connectivity index (χ4n) is 4.44. The maximum absolute atomic E-state index is 13.2. The summed E-state index contributed by atoms with van der Waals surface area (Å²) in [5.41, 5.74) is 1.73. The van der Waals surface area contributed by atoms with Crippen LogP contribution in [-0.4, -0.2) is 72.3 Å². The predicted octanol–water partition coefficient (Wildman–Crippen LogP) is 3.47. The second-order valence-electron chi connectivity index (χ2n) is 8.80. The molecule has 0 spiro atoms. The fourth-order valence-corrected chi connectivity index (χ4v) is 4.67. The highest BCUT2D eigenvalue weighted by atomic mass is 35.5. The summed E-state index contributed by atoms with van der Waals surface area (Å²) in [7, 11) is 0. The third-order valence-electron chi connectivity index (χ3n) is 6.49. The quantitative estimate of drug-likeness (QED) is 0.699. The Morgan fingerprint density at radius 1 is 0.939 bits per heavy atom. The van der Waals surface area contributed by atoms with Crippen molar-refractivity contribution in [1.29, 1.82) is 0 Å². The molecule has 6 nitrogen and oxygen atoms in total. The van der Waals surface area contributed by atoms with Crippen LogP contribution in [0, 0.1) is 11.7 Å². The molecule has 8 heteroatoms. The molecule has 0 aliphatic carbocycles. The number of carbonyl (C=O) groups excluding carboxylic acids is 2. The van der Waals surface area contributed by atoms with Crippen LogP contribution in [-0.2, 0) is 16.1 Å². The van der Waals surface area contributed by atoms with Crippen molar-refractivity contribution in [1.82, 2.24) is 14.7 Å². The van der Waals surface area contributed by atoms with Gasteiger partial charge in [-0.3, -0.25) is 19.4 Å². The molecular formula is C25H30ClFN4O2. The largest absolute Gasteiger partial charge is 0.342 e. The third-order valence-corrected chi connectivity index (χ3v) is 6.84. The first-order valence-corrected chi connectivity index (χ1v) is 11.9. The van der Waals surface area contributed by atoms with Crippen molar-refractivity contribution in [2.45, 2.75) is 19.4 Å². The Morgan fingerprint density at radius 2 is 1.61 bits per heavy atom. The highest BCUT2D eigenvalue weighted by Crippen LogP contribution is 2.21. The van der Waals surface area contributed by atoms with Crippen molar-refractivity contribution >= 4 is 29.1 Å². The number of hydrogen-bond acceptors (Lipinski definition) is 4. The number of piperidine rings is 1. The van der Waals surface area contributed by atoms with E-state index >= 15 is 0 Å². The molecule has 0 unspecified atom stereocenters. The van der Waals surface area contributed by atoms with Crippen molar-refractivity contribution in [2.24, 2.45) is 5.92 Å². The van der Waals surface area contributed by atoms with Crippen LogP contribution in [0.2, 0.25) is 5.02 Å². The SMILES string of the molecule is O=C(Nc1ccccc1)C1CCN(C(=O)CN2CCN(Cc3ccc(F)cc3Cl)CC2)CC1. The summed E-state index contributed by atoms with van der Waals surface area (Å²) >= 11 is 6.15. The smallest absolute Gasteiger partial charge is 0.236 e. The second-order valence-corrected chi connectivity index (χ2v) is 9.21. The average Bonchev–Trinajstić information content (AvgIpc) is 2.83. The van der Waals surface area contributed by atoms with Crippen LogP contribution in [0.1, 0.15) is 18.4 Å². The van der Waals surface area contributed by atoms with E-state index in [1.165, 1.54) is 12.1 Å². The van der Waals surface area contributed by atoms with Gasteiger partial charge in [0.1, 0.15) is 5.82 Å². The molecule has 0 atom stereocenters. The van der Waals surface area contributed by atoms with Gasteiger partial charge in [0.15, 0.2) is 0 Å². The zero-order valence-electron chi connectivity index (χ0n) is 18.7. The third kappa shape index (κ3) is 6.53. The van der Waals surface area contributed by atoms with Crippen molar-refractivity contribution in [3.8, 4) is 0 Å². The maximum Gasteiger partial charge on any atom is 0.236 e. The molecule has 33 heavy (non-hydrogen) atoms. The summed E-state index contributed by atoms with van der Waals surface area (Å²) in [6, 6.07) is 14.0. The van der Waals surface area contributed by atoms with Gasteiger partial charge in [0.05, 0.1) is 6.54 Å². The number of amides is 2. The van der Waals surface area contributed by atoms with Gasteiger partial charge in [0, 0.05) is 62.4 Å². The zero-order chi connectivity index (χ0) is 23.2. The Hall–Kier alpha value is -2.48. The van der Waals surface area contributed by atoms with Gasteiger partial charge in [-0.1, -0.05) is 35.9 Å². The van der Waals surface area contributed by atoms with Gasteiger partial charge in [-0.25, -0.2) is 4.39 Å². The zero-order valence-corrected chi connectivity index (χ0v) is 19.4. The van der Waals surface area contributed by atoms with Gasteiger partial charge in [-0.05, 0) is 42.7 Å². The highest BCUT2D eigenvalue weighted by molar-refractivity contribution is 6.31. The van der Waals surface area contributed by atoms with Gasteiger partial charge in [0.25, 0.3) is 0 Å². The Balaban J connectivity index is 1.17. The van der Waals surface area contributed by atoms with E-state index in [4.69, 9.17) is 11.6 Å². The Labute approximate surface area is 199 Å². The summed E-state index contributed by atoms with van der Waals surface area (Å²) in [5, 5.41) is 3.42. The van der Waals surface area contributed by atoms with Gasteiger partial charge in [0.2, 0.25) is 11.8 Å². The molecule has 2 saturated heterocycles. The first-order chi connectivity index (χ1) is 16.0. The lowest BCUT2D eigenvalue weighted by Crippen LogP contribution is -2.51. The van der Waals surface area contributed by atoms with Crippen LogP contribution >= 0.6 is 11.6 Å². The lowest BCUT2D eigenvalue weighted by Gasteiger charge is -2.37. The minimum absolute atomic E-state index is 0.0330. The van der Waals surface area contributed by atoms with Crippen LogP contribution < -0.4 is 5.32 Å². The van der Waals surface area contributed by atoms with E-state index in [0.29, 0.717) is 44.0 Å². The summed E-state index contributed by atoms with van der Waals surface area (Å²) in [4.78, 5) is 31.6. The van der Waals surface area contributed by atoms with Crippen LogP contribution in [0.3, 0.4) is 0 Å². The number of benzene rings is 2.